The summed E-state index contributed by atoms with van der Waals surface area (Å²) in [6.07, 6.45) is 11.8. The minimum Gasteiger partial charge on any atom is -0.426 e. The topological polar surface area (TPSA) is 35.5 Å². The lowest BCUT2D eigenvalue weighted by Gasteiger charge is -2.61. The van der Waals surface area contributed by atoms with Gasteiger partial charge in [-0.15, -0.1) is 0 Å². The van der Waals surface area contributed by atoms with Crippen molar-refractivity contribution in [3.63, 3.8) is 0 Å². The van der Waals surface area contributed by atoms with E-state index in [2.05, 4.69) is 13.8 Å². The third-order valence-corrected chi connectivity index (χ3v) is 10.9. The molecule has 1 aromatic carbocycles. The molecule has 4 aliphatic carbocycles. The molecule has 4 saturated carbocycles. The van der Waals surface area contributed by atoms with E-state index in [0.717, 1.165) is 43.1 Å². The molecular formula is C28H38O3. The first-order valence-electron chi connectivity index (χ1n) is 12.9. The molecule has 5 aliphatic rings. The van der Waals surface area contributed by atoms with Crippen molar-refractivity contribution in [1.29, 1.82) is 0 Å². The summed E-state index contributed by atoms with van der Waals surface area (Å²) in [6, 6.07) is 9.59. The monoisotopic (exact) mass is 422 g/mol. The number of rotatable bonds is 2. The van der Waals surface area contributed by atoms with Crippen molar-refractivity contribution >= 4 is 5.97 Å². The van der Waals surface area contributed by atoms with Crippen LogP contribution in [0.15, 0.2) is 30.3 Å². The van der Waals surface area contributed by atoms with Crippen LogP contribution in [0.2, 0.25) is 0 Å². The van der Waals surface area contributed by atoms with Crippen molar-refractivity contribution in [2.45, 2.75) is 77.7 Å². The zero-order valence-corrected chi connectivity index (χ0v) is 19.2. The van der Waals surface area contributed by atoms with E-state index in [4.69, 9.17) is 9.47 Å². The minimum atomic E-state index is -0.00707. The van der Waals surface area contributed by atoms with E-state index in [0.29, 0.717) is 28.6 Å². The van der Waals surface area contributed by atoms with E-state index in [1.807, 2.05) is 30.3 Å². The minimum absolute atomic E-state index is 0.00707. The number of esters is 1. The van der Waals surface area contributed by atoms with Crippen LogP contribution < -0.4 is 4.74 Å². The van der Waals surface area contributed by atoms with Crippen LogP contribution in [-0.2, 0) is 9.53 Å². The molecule has 9 atom stereocenters. The highest BCUT2D eigenvalue weighted by atomic mass is 16.5. The first kappa shape index (κ1) is 20.3. The Morgan fingerprint density at radius 3 is 2.55 bits per heavy atom. The molecule has 0 amide bonds. The molecule has 5 fully saturated rings. The lowest BCUT2D eigenvalue weighted by molar-refractivity contribution is -0.149. The smallest absolute Gasteiger partial charge is 0.314 e. The van der Waals surface area contributed by atoms with E-state index < -0.39 is 0 Å². The van der Waals surface area contributed by atoms with Gasteiger partial charge >= 0.3 is 5.97 Å². The van der Waals surface area contributed by atoms with Gasteiger partial charge in [-0.05, 0) is 110 Å². The Morgan fingerprint density at radius 2 is 1.71 bits per heavy atom. The maximum absolute atomic E-state index is 12.9. The lowest BCUT2D eigenvalue weighted by atomic mass is 9.44. The number of fused-ring (bicyclic) bond motifs is 7. The average molecular weight is 423 g/mol. The van der Waals surface area contributed by atoms with Crippen LogP contribution >= 0.6 is 0 Å². The Hall–Kier alpha value is -1.35. The maximum Gasteiger partial charge on any atom is 0.314 e. The number of carbonyl (C=O) groups excluding carboxylic acids is 1. The van der Waals surface area contributed by atoms with Gasteiger partial charge in [0.1, 0.15) is 5.75 Å². The summed E-state index contributed by atoms with van der Waals surface area (Å²) in [4.78, 5) is 12.9. The van der Waals surface area contributed by atoms with Crippen LogP contribution in [0.3, 0.4) is 0 Å². The first-order valence-corrected chi connectivity index (χ1v) is 12.9. The van der Waals surface area contributed by atoms with Crippen molar-refractivity contribution < 1.29 is 14.3 Å². The van der Waals surface area contributed by atoms with Gasteiger partial charge in [0.25, 0.3) is 0 Å². The van der Waals surface area contributed by atoms with Gasteiger partial charge in [0.15, 0.2) is 0 Å². The molecule has 1 aliphatic heterocycles. The summed E-state index contributed by atoms with van der Waals surface area (Å²) in [5.74, 6) is 4.82. The fraction of sp³-hybridized carbons (Fsp3) is 0.750. The molecule has 6 rings (SSSR count). The molecule has 0 bridgehead atoms. The average Bonchev–Trinajstić information content (AvgIpc) is 3.35. The molecule has 1 saturated heterocycles. The highest BCUT2D eigenvalue weighted by Gasteiger charge is 2.63. The normalized spacial score (nSPS) is 48.3. The van der Waals surface area contributed by atoms with Crippen molar-refractivity contribution in [2.75, 3.05) is 6.61 Å². The van der Waals surface area contributed by atoms with Gasteiger partial charge in [0.05, 0.1) is 12.0 Å². The molecule has 0 aromatic heterocycles. The molecule has 168 valence electrons. The first-order chi connectivity index (χ1) is 15.0. The number of carbonyl (C=O) groups is 1. The van der Waals surface area contributed by atoms with Gasteiger partial charge in [-0.25, -0.2) is 0 Å². The lowest BCUT2D eigenvalue weighted by Crippen LogP contribution is -2.54. The summed E-state index contributed by atoms with van der Waals surface area (Å²) >= 11 is 0. The molecule has 1 aromatic rings. The zero-order chi connectivity index (χ0) is 21.2. The van der Waals surface area contributed by atoms with E-state index in [9.17, 15) is 4.79 Å². The summed E-state index contributed by atoms with van der Waals surface area (Å²) in [6.45, 7) is 6.19. The Bertz CT molecular complexity index is 836. The Labute approximate surface area is 187 Å². The van der Waals surface area contributed by atoms with Gasteiger partial charge in [-0.1, -0.05) is 32.0 Å². The maximum atomic E-state index is 12.9. The molecule has 0 spiro atoms. The van der Waals surface area contributed by atoms with E-state index in [1.54, 1.807) is 0 Å². The Balaban J connectivity index is 1.17. The summed E-state index contributed by atoms with van der Waals surface area (Å²) in [5.41, 5.74) is 0.925. The number of para-hydroxylation sites is 1. The zero-order valence-electron chi connectivity index (χ0n) is 19.2. The molecule has 0 N–H and O–H groups in total. The molecule has 3 heteroatoms. The fourth-order valence-electron chi connectivity index (χ4n) is 9.30. The molecule has 9 unspecified atom stereocenters. The second-order valence-electron chi connectivity index (χ2n) is 11.9. The van der Waals surface area contributed by atoms with E-state index in [1.165, 1.54) is 44.9 Å². The van der Waals surface area contributed by atoms with Gasteiger partial charge in [-0.2, -0.15) is 0 Å². The van der Waals surface area contributed by atoms with Crippen molar-refractivity contribution in [3.05, 3.63) is 30.3 Å². The number of hydrogen-bond donors (Lipinski definition) is 0. The highest BCUT2D eigenvalue weighted by molar-refractivity contribution is 5.75. The van der Waals surface area contributed by atoms with Crippen molar-refractivity contribution in [3.8, 4) is 5.75 Å². The number of ether oxygens (including phenoxy) is 2. The van der Waals surface area contributed by atoms with Crippen molar-refractivity contribution in [2.24, 2.45) is 46.3 Å². The van der Waals surface area contributed by atoms with Crippen LogP contribution in [0.1, 0.15) is 71.6 Å². The summed E-state index contributed by atoms with van der Waals surface area (Å²) < 4.78 is 11.9. The third-order valence-electron chi connectivity index (χ3n) is 10.9. The quantitative estimate of drug-likeness (QED) is 0.416. The second kappa shape index (κ2) is 7.33. The van der Waals surface area contributed by atoms with Crippen LogP contribution in [0, 0.1) is 46.3 Å². The Morgan fingerprint density at radius 1 is 0.903 bits per heavy atom. The van der Waals surface area contributed by atoms with Crippen LogP contribution in [0.4, 0.5) is 0 Å². The SMILES string of the molecule is CC12CCC(C(=O)Oc3ccccc3)CC1CCC1C2CCC2(C)C3CCOC3CC12. The summed E-state index contributed by atoms with van der Waals surface area (Å²) in [5, 5.41) is 0. The van der Waals surface area contributed by atoms with E-state index >= 15 is 0 Å². The van der Waals surface area contributed by atoms with Crippen LogP contribution in [0.25, 0.3) is 0 Å². The van der Waals surface area contributed by atoms with Crippen LogP contribution in [-0.4, -0.2) is 18.7 Å². The van der Waals surface area contributed by atoms with E-state index in [-0.39, 0.29) is 11.9 Å². The van der Waals surface area contributed by atoms with Gasteiger partial charge in [-0.3, -0.25) is 4.79 Å². The molecule has 31 heavy (non-hydrogen) atoms. The highest BCUT2D eigenvalue weighted by Crippen LogP contribution is 2.69. The van der Waals surface area contributed by atoms with Gasteiger partial charge in [0, 0.05) is 6.61 Å². The molecular weight excluding hydrogens is 384 g/mol. The standard InChI is InChI=1S/C28H38O3/c1-27-13-10-18(26(29)31-20-6-4-3-5-7-20)16-19(27)8-9-21-22(27)11-14-28(2)23-12-15-30-25(23)17-24(21)28/h3-7,18-19,21-25H,8-17H2,1-2H3. The molecule has 3 nitrogen and oxygen atoms in total. The van der Waals surface area contributed by atoms with Crippen molar-refractivity contribution in [1.82, 2.24) is 0 Å². The van der Waals surface area contributed by atoms with Gasteiger partial charge in [0.2, 0.25) is 0 Å². The second-order valence-corrected chi connectivity index (χ2v) is 11.9. The number of benzene rings is 1. The largest absolute Gasteiger partial charge is 0.426 e. The fourth-order valence-corrected chi connectivity index (χ4v) is 9.30. The Kier molecular flexibility index (Phi) is 4.80. The third kappa shape index (κ3) is 3.05. The van der Waals surface area contributed by atoms with Gasteiger partial charge < -0.3 is 9.47 Å². The number of hydrogen-bond acceptors (Lipinski definition) is 3. The predicted molar refractivity (Wildman–Crippen MR) is 121 cm³/mol. The van der Waals surface area contributed by atoms with Crippen LogP contribution in [0.5, 0.6) is 5.75 Å². The molecule has 1 heterocycles. The predicted octanol–water partition coefficient (Wildman–Crippen LogP) is 6.27. The summed E-state index contributed by atoms with van der Waals surface area (Å²) in [7, 11) is 0. The molecule has 0 radical (unpaired) electrons.